The zero-order chi connectivity index (χ0) is 16.5. The lowest BCUT2D eigenvalue weighted by molar-refractivity contribution is -0.122. The number of hydrogen-bond donors (Lipinski definition) is 2. The van der Waals surface area contributed by atoms with E-state index in [9.17, 15) is 9.59 Å². The molecule has 24 heavy (non-hydrogen) atoms. The molecule has 0 bridgehead atoms. The SMILES string of the molecule is O=C(Cn1nnc2ccccc21)NNC(=O)c1ccc(C2CC2)s1. The van der Waals surface area contributed by atoms with Gasteiger partial charge < -0.3 is 0 Å². The summed E-state index contributed by atoms with van der Waals surface area (Å²) < 4.78 is 1.49. The Morgan fingerprint density at radius 2 is 2.00 bits per heavy atom. The van der Waals surface area contributed by atoms with Gasteiger partial charge in [0.05, 0.1) is 10.4 Å². The Hall–Kier alpha value is -2.74. The molecular weight excluding hydrogens is 326 g/mol. The molecule has 1 aliphatic carbocycles. The van der Waals surface area contributed by atoms with Crippen LogP contribution in [-0.2, 0) is 11.3 Å². The maximum atomic E-state index is 12.1. The third-order valence-corrected chi connectivity index (χ3v) is 5.11. The molecule has 2 aromatic heterocycles. The van der Waals surface area contributed by atoms with Gasteiger partial charge in [-0.15, -0.1) is 16.4 Å². The van der Waals surface area contributed by atoms with Crippen molar-refractivity contribution in [2.45, 2.75) is 25.3 Å². The molecule has 0 radical (unpaired) electrons. The smallest absolute Gasteiger partial charge is 0.271 e. The van der Waals surface area contributed by atoms with Crippen LogP contribution < -0.4 is 10.9 Å². The molecule has 0 spiro atoms. The van der Waals surface area contributed by atoms with Crippen molar-refractivity contribution in [3.63, 3.8) is 0 Å². The number of hydrogen-bond acceptors (Lipinski definition) is 5. The van der Waals surface area contributed by atoms with E-state index in [0.29, 0.717) is 10.8 Å². The molecule has 1 fully saturated rings. The number of para-hydroxylation sites is 1. The molecule has 1 aliphatic rings. The average molecular weight is 341 g/mol. The molecule has 8 heteroatoms. The third-order valence-electron chi connectivity index (χ3n) is 3.86. The Morgan fingerprint density at radius 1 is 1.17 bits per heavy atom. The van der Waals surface area contributed by atoms with Crippen LogP contribution in [0.4, 0.5) is 0 Å². The van der Waals surface area contributed by atoms with Gasteiger partial charge in [-0.25, -0.2) is 4.68 Å². The van der Waals surface area contributed by atoms with E-state index in [1.807, 2.05) is 30.3 Å². The fourth-order valence-corrected chi connectivity index (χ4v) is 3.53. The van der Waals surface area contributed by atoms with Crippen molar-refractivity contribution in [2.24, 2.45) is 0 Å². The van der Waals surface area contributed by atoms with E-state index in [-0.39, 0.29) is 18.4 Å². The van der Waals surface area contributed by atoms with Gasteiger partial charge in [0.25, 0.3) is 11.8 Å². The number of aromatic nitrogens is 3. The van der Waals surface area contributed by atoms with Gasteiger partial charge in [0.2, 0.25) is 0 Å². The molecular formula is C16H15N5O2S. The Balaban J connectivity index is 1.34. The number of carbonyl (C=O) groups is 2. The van der Waals surface area contributed by atoms with Crippen LogP contribution in [-0.4, -0.2) is 26.8 Å². The van der Waals surface area contributed by atoms with Crippen LogP contribution >= 0.6 is 11.3 Å². The maximum absolute atomic E-state index is 12.1. The summed E-state index contributed by atoms with van der Waals surface area (Å²) in [6, 6.07) is 11.2. The highest BCUT2D eigenvalue weighted by Crippen LogP contribution is 2.43. The monoisotopic (exact) mass is 341 g/mol. The maximum Gasteiger partial charge on any atom is 0.279 e. The Kier molecular flexibility index (Phi) is 3.73. The number of hydrazine groups is 1. The van der Waals surface area contributed by atoms with Crippen LogP contribution in [0.3, 0.4) is 0 Å². The summed E-state index contributed by atoms with van der Waals surface area (Å²) in [4.78, 5) is 25.9. The zero-order valence-electron chi connectivity index (χ0n) is 12.7. The van der Waals surface area contributed by atoms with E-state index in [1.165, 1.54) is 33.7 Å². The van der Waals surface area contributed by atoms with Crippen molar-refractivity contribution in [1.29, 1.82) is 0 Å². The first kappa shape index (κ1) is 14.8. The van der Waals surface area contributed by atoms with Crippen LogP contribution in [0.2, 0.25) is 0 Å². The molecule has 2 amide bonds. The first-order valence-electron chi connectivity index (χ1n) is 7.68. The van der Waals surface area contributed by atoms with Crippen molar-refractivity contribution in [3.05, 3.63) is 46.2 Å². The number of thiophene rings is 1. The predicted molar refractivity (Wildman–Crippen MR) is 89.4 cm³/mol. The molecule has 4 rings (SSSR count). The van der Waals surface area contributed by atoms with Gasteiger partial charge in [0.1, 0.15) is 12.1 Å². The highest BCUT2D eigenvalue weighted by molar-refractivity contribution is 7.14. The minimum atomic E-state index is -0.363. The van der Waals surface area contributed by atoms with Crippen molar-refractivity contribution in [1.82, 2.24) is 25.8 Å². The lowest BCUT2D eigenvalue weighted by atomic mass is 10.3. The normalized spacial score (nSPS) is 13.8. The average Bonchev–Trinajstić information content (AvgIpc) is 3.19. The fourth-order valence-electron chi connectivity index (χ4n) is 2.46. The van der Waals surface area contributed by atoms with Gasteiger partial charge in [0.15, 0.2) is 0 Å². The van der Waals surface area contributed by atoms with Gasteiger partial charge in [-0.1, -0.05) is 17.3 Å². The van der Waals surface area contributed by atoms with Crippen molar-refractivity contribution in [2.75, 3.05) is 0 Å². The molecule has 7 nitrogen and oxygen atoms in total. The Labute approximate surface area is 141 Å². The molecule has 0 aliphatic heterocycles. The van der Waals surface area contributed by atoms with Crippen LogP contribution in [0.15, 0.2) is 36.4 Å². The molecule has 1 saturated carbocycles. The molecule has 3 aromatic rings. The second kappa shape index (κ2) is 6.04. The second-order valence-electron chi connectivity index (χ2n) is 5.71. The van der Waals surface area contributed by atoms with Gasteiger partial charge >= 0.3 is 0 Å². The van der Waals surface area contributed by atoms with Crippen LogP contribution in [0.1, 0.15) is 33.3 Å². The summed E-state index contributed by atoms with van der Waals surface area (Å²) >= 11 is 1.48. The molecule has 0 saturated heterocycles. The molecule has 0 atom stereocenters. The number of rotatable bonds is 4. The van der Waals surface area contributed by atoms with Gasteiger partial charge in [-0.3, -0.25) is 20.4 Å². The number of amides is 2. The summed E-state index contributed by atoms with van der Waals surface area (Å²) in [5, 5.41) is 7.93. The molecule has 1 aromatic carbocycles. The van der Waals surface area contributed by atoms with E-state index in [4.69, 9.17) is 0 Å². The quantitative estimate of drug-likeness (QED) is 0.709. The summed E-state index contributed by atoms with van der Waals surface area (Å²) in [5.41, 5.74) is 6.35. The topological polar surface area (TPSA) is 88.9 Å². The van der Waals surface area contributed by atoms with Gasteiger partial charge in [-0.2, -0.15) is 0 Å². The van der Waals surface area contributed by atoms with Crippen molar-refractivity contribution < 1.29 is 9.59 Å². The van der Waals surface area contributed by atoms with Crippen LogP contribution in [0.5, 0.6) is 0 Å². The van der Waals surface area contributed by atoms with Crippen LogP contribution in [0.25, 0.3) is 11.0 Å². The number of benzene rings is 1. The highest BCUT2D eigenvalue weighted by atomic mass is 32.1. The highest BCUT2D eigenvalue weighted by Gasteiger charge is 2.25. The minimum absolute atomic E-state index is 0.0153. The van der Waals surface area contributed by atoms with Crippen LogP contribution in [0, 0.1) is 0 Å². The van der Waals surface area contributed by atoms with E-state index >= 15 is 0 Å². The van der Waals surface area contributed by atoms with Gasteiger partial charge in [0, 0.05) is 4.88 Å². The second-order valence-corrected chi connectivity index (χ2v) is 6.83. The molecule has 122 valence electrons. The number of fused-ring (bicyclic) bond motifs is 1. The Bertz CT molecular complexity index is 912. The summed E-state index contributed by atoms with van der Waals surface area (Å²) in [6.45, 7) is -0.0153. The Morgan fingerprint density at radius 3 is 2.83 bits per heavy atom. The summed E-state index contributed by atoms with van der Waals surface area (Å²) in [6.07, 6.45) is 2.40. The standard InChI is InChI=1S/C16H15N5O2S/c22-15(9-21-12-4-2-1-3-11(12)17-20-21)18-19-16(23)14-8-7-13(24-14)10-5-6-10/h1-4,7-8,10H,5-6,9H2,(H,18,22)(H,19,23). The first-order chi connectivity index (χ1) is 11.7. The molecule has 2 heterocycles. The number of nitrogens with one attached hydrogen (secondary N) is 2. The lowest BCUT2D eigenvalue weighted by Crippen LogP contribution is -2.43. The van der Waals surface area contributed by atoms with Crippen molar-refractivity contribution in [3.8, 4) is 0 Å². The number of nitrogens with zero attached hydrogens (tertiary/aromatic N) is 3. The fraction of sp³-hybridized carbons (Fsp3) is 0.250. The zero-order valence-corrected chi connectivity index (χ0v) is 13.5. The molecule has 0 unspecified atom stereocenters. The lowest BCUT2D eigenvalue weighted by Gasteiger charge is -2.06. The number of carbonyl (C=O) groups excluding carboxylic acids is 2. The third kappa shape index (κ3) is 3.00. The summed E-state index contributed by atoms with van der Waals surface area (Å²) in [7, 11) is 0. The van der Waals surface area contributed by atoms with Crippen molar-refractivity contribution >= 4 is 34.2 Å². The predicted octanol–water partition coefficient (Wildman–Crippen LogP) is 1.83. The van der Waals surface area contributed by atoms with E-state index in [0.717, 1.165) is 11.0 Å². The van der Waals surface area contributed by atoms with E-state index in [2.05, 4.69) is 21.2 Å². The molecule has 2 N–H and O–H groups in total. The minimum Gasteiger partial charge on any atom is -0.271 e. The first-order valence-corrected chi connectivity index (χ1v) is 8.49. The summed E-state index contributed by atoms with van der Waals surface area (Å²) in [5.74, 6) is -0.0478. The largest absolute Gasteiger partial charge is 0.279 e. The van der Waals surface area contributed by atoms with E-state index < -0.39 is 0 Å². The van der Waals surface area contributed by atoms with Gasteiger partial charge in [-0.05, 0) is 43.0 Å². The van der Waals surface area contributed by atoms with E-state index in [1.54, 1.807) is 6.07 Å².